The van der Waals surface area contributed by atoms with Gasteiger partial charge in [0.05, 0.1) is 17.4 Å². The molecule has 2 aliphatic rings. The third-order valence-electron chi connectivity index (χ3n) is 6.60. The summed E-state index contributed by atoms with van der Waals surface area (Å²) in [6, 6.07) is 3.23. The van der Waals surface area contributed by atoms with E-state index in [0.717, 1.165) is 31.0 Å². The van der Waals surface area contributed by atoms with Crippen LogP contribution in [0.1, 0.15) is 50.3 Å². The van der Waals surface area contributed by atoms with E-state index in [1.54, 1.807) is 0 Å². The lowest BCUT2D eigenvalue weighted by Gasteiger charge is -2.30. The number of nitrogens with two attached hydrogens (primary N) is 1. The van der Waals surface area contributed by atoms with Crippen molar-refractivity contribution in [3.05, 3.63) is 35.5 Å². The molecule has 9 nitrogen and oxygen atoms in total. The third-order valence-corrected chi connectivity index (χ3v) is 6.60. The van der Waals surface area contributed by atoms with Crippen molar-refractivity contribution in [2.45, 2.75) is 57.5 Å². The van der Waals surface area contributed by atoms with Gasteiger partial charge >= 0.3 is 0 Å². The van der Waals surface area contributed by atoms with Crippen LogP contribution in [0.2, 0.25) is 0 Å². The van der Waals surface area contributed by atoms with Crippen molar-refractivity contribution < 1.29 is 18.3 Å². The number of halogens is 2. The first kappa shape index (κ1) is 24.8. The summed E-state index contributed by atoms with van der Waals surface area (Å²) < 4.78 is 35.6. The predicted molar refractivity (Wildman–Crippen MR) is 131 cm³/mol. The zero-order chi connectivity index (χ0) is 24.9. The Bertz CT molecular complexity index is 1100. The van der Waals surface area contributed by atoms with Gasteiger partial charge in [-0.1, -0.05) is 0 Å². The van der Waals surface area contributed by atoms with Crippen LogP contribution >= 0.6 is 0 Å². The summed E-state index contributed by atoms with van der Waals surface area (Å²) in [5.41, 5.74) is 6.12. The number of benzene rings is 1. The highest BCUT2D eigenvalue weighted by molar-refractivity contribution is 5.96. The lowest BCUT2D eigenvalue weighted by molar-refractivity contribution is -0.122. The SMILES string of the molecule is C=NC(=NC1CCOCC1)Nc1c(C)nc(Nc2cc(F)ccc2F)n1C1CCC(C(N)=O)CC1. The number of carbonyl (C=O) groups is 1. The van der Waals surface area contributed by atoms with E-state index in [4.69, 9.17) is 15.5 Å². The first-order valence-electron chi connectivity index (χ1n) is 11.8. The Hall–Kier alpha value is -3.34. The predicted octanol–water partition coefficient (Wildman–Crippen LogP) is 4.08. The second-order valence-electron chi connectivity index (χ2n) is 8.98. The van der Waals surface area contributed by atoms with Crippen LogP contribution in [0.15, 0.2) is 28.2 Å². The molecule has 2 heterocycles. The van der Waals surface area contributed by atoms with Crippen molar-refractivity contribution in [3.8, 4) is 0 Å². The van der Waals surface area contributed by atoms with Crippen molar-refractivity contribution in [1.82, 2.24) is 9.55 Å². The van der Waals surface area contributed by atoms with Crippen LogP contribution < -0.4 is 16.4 Å². The summed E-state index contributed by atoms with van der Waals surface area (Å²) in [5, 5.41) is 6.21. The standard InChI is InChI=1S/C24H31F2N7O2/c1-14-22(32-23(28-2)30-17-9-11-35-12-10-17)33(18-6-3-15(4-7-18)21(27)34)24(29-14)31-20-13-16(25)5-8-19(20)26/h5,8,13,15,17-18H,2-4,6-7,9-12H2,1H3,(H2,27,34)(H,29,31)(H,30,32). The molecule has 1 aliphatic carbocycles. The molecule has 0 spiro atoms. The molecule has 188 valence electrons. The molecule has 0 atom stereocenters. The highest BCUT2D eigenvalue weighted by Gasteiger charge is 2.30. The minimum absolute atomic E-state index is 0.0217. The number of aryl methyl sites for hydroxylation is 1. The van der Waals surface area contributed by atoms with Crippen molar-refractivity contribution in [2.75, 3.05) is 23.8 Å². The number of hydrogen-bond donors (Lipinski definition) is 3. The maximum Gasteiger partial charge on any atom is 0.223 e. The normalized spacial score (nSPS) is 21.5. The molecular weight excluding hydrogens is 456 g/mol. The summed E-state index contributed by atoms with van der Waals surface area (Å²) in [5.74, 6) is -0.298. The number of hydrogen-bond acceptors (Lipinski definition) is 5. The van der Waals surface area contributed by atoms with Crippen LogP contribution in [0.4, 0.5) is 26.2 Å². The Labute approximate surface area is 202 Å². The van der Waals surface area contributed by atoms with Gasteiger partial charge in [-0.05, 0) is 64.3 Å². The minimum Gasteiger partial charge on any atom is -0.381 e. The van der Waals surface area contributed by atoms with Gasteiger partial charge in [-0.3, -0.25) is 9.36 Å². The topological polar surface area (TPSA) is 119 Å². The third kappa shape index (κ3) is 5.84. The number of aromatic nitrogens is 2. The van der Waals surface area contributed by atoms with Crippen LogP contribution in [0.25, 0.3) is 0 Å². The molecule has 1 aliphatic heterocycles. The van der Waals surface area contributed by atoms with Crippen molar-refractivity contribution in [2.24, 2.45) is 21.6 Å². The number of aliphatic imine (C=N–C) groups is 2. The quantitative estimate of drug-likeness (QED) is 0.419. The Morgan fingerprint density at radius 1 is 1.20 bits per heavy atom. The second-order valence-corrected chi connectivity index (χ2v) is 8.98. The van der Waals surface area contributed by atoms with Crippen LogP contribution in [0.5, 0.6) is 0 Å². The molecule has 4 rings (SSSR count). The molecule has 1 amide bonds. The van der Waals surface area contributed by atoms with Gasteiger partial charge in [-0.2, -0.15) is 0 Å². The van der Waals surface area contributed by atoms with Crippen LogP contribution in [0, 0.1) is 24.5 Å². The maximum absolute atomic E-state index is 14.4. The number of imidazole rings is 1. The zero-order valence-electron chi connectivity index (χ0n) is 19.8. The first-order chi connectivity index (χ1) is 16.9. The average molecular weight is 488 g/mol. The van der Waals surface area contributed by atoms with E-state index in [1.165, 1.54) is 0 Å². The fourth-order valence-electron chi connectivity index (χ4n) is 4.68. The molecule has 1 saturated heterocycles. The van der Waals surface area contributed by atoms with E-state index in [0.29, 0.717) is 62.3 Å². The fourth-order valence-corrected chi connectivity index (χ4v) is 4.68. The molecule has 0 radical (unpaired) electrons. The molecule has 35 heavy (non-hydrogen) atoms. The zero-order valence-corrected chi connectivity index (χ0v) is 19.8. The molecule has 1 aromatic heterocycles. The van der Waals surface area contributed by atoms with Crippen LogP contribution in [-0.4, -0.2) is 47.4 Å². The van der Waals surface area contributed by atoms with E-state index in [-0.39, 0.29) is 29.6 Å². The number of guanidine groups is 1. The second kappa shape index (κ2) is 10.9. The maximum atomic E-state index is 14.4. The number of primary amides is 1. The number of carbonyl (C=O) groups excluding carboxylic acids is 1. The van der Waals surface area contributed by atoms with E-state index in [1.807, 2.05) is 11.5 Å². The number of amides is 1. The van der Waals surface area contributed by atoms with Crippen LogP contribution in [-0.2, 0) is 9.53 Å². The molecule has 1 aromatic carbocycles. The van der Waals surface area contributed by atoms with E-state index >= 15 is 0 Å². The largest absolute Gasteiger partial charge is 0.381 e. The van der Waals surface area contributed by atoms with E-state index < -0.39 is 11.6 Å². The Morgan fingerprint density at radius 2 is 1.91 bits per heavy atom. The molecule has 4 N–H and O–H groups in total. The average Bonchev–Trinajstić information content (AvgIpc) is 3.15. The van der Waals surface area contributed by atoms with Gasteiger partial charge in [-0.15, -0.1) is 0 Å². The first-order valence-corrected chi connectivity index (χ1v) is 11.8. The summed E-state index contributed by atoms with van der Waals surface area (Å²) in [6.07, 6.45) is 4.20. The fraction of sp³-hybridized carbons (Fsp3) is 0.500. The molecular formula is C24H31F2N7O2. The molecule has 0 bridgehead atoms. The molecule has 2 aromatic rings. The summed E-state index contributed by atoms with van der Waals surface area (Å²) in [4.78, 5) is 25.1. The molecule has 1 saturated carbocycles. The molecule has 0 unspecified atom stereocenters. The summed E-state index contributed by atoms with van der Waals surface area (Å²) >= 11 is 0. The summed E-state index contributed by atoms with van der Waals surface area (Å²) in [7, 11) is 0. The monoisotopic (exact) mass is 487 g/mol. The van der Waals surface area contributed by atoms with Gasteiger partial charge in [-0.25, -0.2) is 23.7 Å². The van der Waals surface area contributed by atoms with Gasteiger partial charge in [0.2, 0.25) is 17.8 Å². The van der Waals surface area contributed by atoms with Gasteiger partial charge in [0.25, 0.3) is 0 Å². The Morgan fingerprint density at radius 3 is 2.57 bits per heavy atom. The number of anilines is 3. The highest BCUT2D eigenvalue weighted by atomic mass is 19.1. The number of ether oxygens (including phenoxy) is 1. The molecule has 11 heteroatoms. The van der Waals surface area contributed by atoms with E-state index in [2.05, 4.69) is 27.3 Å². The number of nitrogens with zero attached hydrogens (tertiary/aromatic N) is 4. The smallest absolute Gasteiger partial charge is 0.223 e. The lowest BCUT2D eigenvalue weighted by atomic mass is 9.85. The van der Waals surface area contributed by atoms with Gasteiger partial charge in [0, 0.05) is 31.2 Å². The number of rotatable bonds is 6. The van der Waals surface area contributed by atoms with Crippen molar-refractivity contribution in [1.29, 1.82) is 0 Å². The lowest BCUT2D eigenvalue weighted by Crippen LogP contribution is -2.29. The Kier molecular flexibility index (Phi) is 7.74. The highest BCUT2D eigenvalue weighted by Crippen LogP contribution is 2.38. The van der Waals surface area contributed by atoms with E-state index in [9.17, 15) is 13.6 Å². The van der Waals surface area contributed by atoms with Crippen LogP contribution in [0.3, 0.4) is 0 Å². The van der Waals surface area contributed by atoms with Gasteiger partial charge < -0.3 is 21.1 Å². The van der Waals surface area contributed by atoms with Gasteiger partial charge in [0.15, 0.2) is 0 Å². The number of nitrogens with one attached hydrogen (secondary N) is 2. The van der Waals surface area contributed by atoms with Crippen molar-refractivity contribution in [3.63, 3.8) is 0 Å². The summed E-state index contributed by atoms with van der Waals surface area (Å²) in [6.45, 7) is 6.76. The van der Waals surface area contributed by atoms with Gasteiger partial charge in [0.1, 0.15) is 17.5 Å². The van der Waals surface area contributed by atoms with Crippen molar-refractivity contribution >= 4 is 36.0 Å². The molecule has 2 fully saturated rings. The Balaban J connectivity index is 1.68. The minimum atomic E-state index is -0.597.